The maximum absolute atomic E-state index is 4.19. The van der Waals surface area contributed by atoms with Gasteiger partial charge in [-0.3, -0.25) is 10.00 Å². The van der Waals surface area contributed by atoms with Crippen LogP contribution in [0, 0.1) is 0 Å². The Hall–Kier alpha value is -0.830. The largest absolute Gasteiger partial charge is 0.288 e. The predicted molar refractivity (Wildman–Crippen MR) is 47.6 cm³/mol. The molecule has 0 saturated heterocycles. The Balaban J connectivity index is 2.18. The molecule has 1 aliphatic rings. The number of H-pyrrole nitrogens is 1. The van der Waals surface area contributed by atoms with E-state index in [2.05, 4.69) is 35.9 Å². The normalized spacial score (nSPS) is 18.2. The van der Waals surface area contributed by atoms with Gasteiger partial charge >= 0.3 is 0 Å². The fraction of sp³-hybridized carbons (Fsp3) is 0.667. The number of nitrogens with one attached hydrogen (secondary N) is 1. The molecule has 0 fully saturated rings. The molecule has 12 heavy (non-hydrogen) atoms. The fourth-order valence-corrected chi connectivity index (χ4v) is 1.53. The van der Waals surface area contributed by atoms with Crippen molar-refractivity contribution in [3.63, 3.8) is 0 Å². The molecular formula is C9H15N3. The number of hydrogen-bond acceptors (Lipinski definition) is 2. The van der Waals surface area contributed by atoms with E-state index in [0.29, 0.717) is 0 Å². The average molecular weight is 165 g/mol. The molecule has 3 heteroatoms. The van der Waals surface area contributed by atoms with Crippen LogP contribution in [0.3, 0.4) is 0 Å². The third-order valence-corrected chi connectivity index (χ3v) is 2.46. The summed E-state index contributed by atoms with van der Waals surface area (Å²) in [5, 5.41) is 7.09. The van der Waals surface area contributed by atoms with Crippen molar-refractivity contribution in [2.45, 2.75) is 39.4 Å². The van der Waals surface area contributed by atoms with Crippen LogP contribution in [0.2, 0.25) is 0 Å². The molecule has 0 radical (unpaired) electrons. The number of hydrogen-bond donors (Lipinski definition) is 1. The average Bonchev–Trinajstić information content (AvgIpc) is 2.37. The van der Waals surface area contributed by atoms with E-state index in [9.17, 15) is 0 Å². The van der Waals surface area contributed by atoms with Crippen molar-refractivity contribution in [2.24, 2.45) is 0 Å². The Kier molecular flexibility index (Phi) is 1.51. The van der Waals surface area contributed by atoms with Crippen LogP contribution < -0.4 is 0 Å². The summed E-state index contributed by atoms with van der Waals surface area (Å²) in [7, 11) is 0. The summed E-state index contributed by atoms with van der Waals surface area (Å²) in [6.45, 7) is 8.74. The van der Waals surface area contributed by atoms with E-state index in [1.54, 1.807) is 0 Å². The Morgan fingerprint density at radius 1 is 1.42 bits per heavy atom. The first-order chi connectivity index (χ1) is 5.57. The molecule has 0 bridgehead atoms. The van der Waals surface area contributed by atoms with E-state index in [4.69, 9.17) is 0 Å². The van der Waals surface area contributed by atoms with Gasteiger partial charge in [0.25, 0.3) is 0 Å². The highest BCUT2D eigenvalue weighted by Gasteiger charge is 2.29. The molecule has 1 aromatic rings. The lowest BCUT2D eigenvalue weighted by atomic mass is 10.1. The topological polar surface area (TPSA) is 31.9 Å². The van der Waals surface area contributed by atoms with Crippen molar-refractivity contribution < 1.29 is 0 Å². The lowest BCUT2D eigenvalue weighted by Gasteiger charge is -2.31. The van der Waals surface area contributed by atoms with Gasteiger partial charge in [-0.2, -0.15) is 5.10 Å². The van der Waals surface area contributed by atoms with Gasteiger partial charge in [0.2, 0.25) is 0 Å². The van der Waals surface area contributed by atoms with E-state index < -0.39 is 0 Å². The molecule has 2 rings (SSSR count). The molecule has 3 nitrogen and oxygen atoms in total. The molecule has 0 unspecified atom stereocenters. The van der Waals surface area contributed by atoms with Gasteiger partial charge in [-0.15, -0.1) is 0 Å². The molecule has 1 aliphatic heterocycles. The van der Waals surface area contributed by atoms with Crippen molar-refractivity contribution in [1.82, 2.24) is 15.1 Å². The summed E-state index contributed by atoms with van der Waals surface area (Å²) < 4.78 is 0. The number of aromatic nitrogens is 2. The first kappa shape index (κ1) is 7.80. The van der Waals surface area contributed by atoms with Crippen molar-refractivity contribution >= 4 is 0 Å². The van der Waals surface area contributed by atoms with Crippen molar-refractivity contribution in [2.75, 3.05) is 0 Å². The summed E-state index contributed by atoms with van der Waals surface area (Å²) >= 11 is 0. The molecule has 0 aromatic carbocycles. The lowest BCUT2D eigenvalue weighted by Crippen LogP contribution is -2.37. The van der Waals surface area contributed by atoms with Crippen LogP contribution in [0.25, 0.3) is 0 Å². The minimum absolute atomic E-state index is 0.258. The predicted octanol–water partition coefficient (Wildman–Crippen LogP) is 1.52. The minimum atomic E-state index is 0.258. The molecule has 0 amide bonds. The smallest absolute Gasteiger partial charge is 0.0807 e. The molecule has 2 heterocycles. The molecule has 0 saturated carbocycles. The second kappa shape index (κ2) is 2.33. The van der Waals surface area contributed by atoms with Gasteiger partial charge in [-0.1, -0.05) is 0 Å². The molecular weight excluding hydrogens is 150 g/mol. The lowest BCUT2D eigenvalue weighted by molar-refractivity contribution is 0.134. The summed E-state index contributed by atoms with van der Waals surface area (Å²) in [6, 6.07) is 0. The second-order valence-corrected chi connectivity index (χ2v) is 4.38. The maximum Gasteiger partial charge on any atom is 0.0807 e. The third kappa shape index (κ3) is 1.14. The van der Waals surface area contributed by atoms with Crippen LogP contribution in [0.5, 0.6) is 0 Å². The number of aromatic amines is 1. The van der Waals surface area contributed by atoms with Crippen molar-refractivity contribution in [1.29, 1.82) is 0 Å². The zero-order chi connectivity index (χ0) is 8.77. The highest BCUT2D eigenvalue weighted by molar-refractivity contribution is 5.21. The molecule has 0 spiro atoms. The van der Waals surface area contributed by atoms with Crippen LogP contribution >= 0.6 is 0 Å². The molecule has 1 aromatic heterocycles. The minimum Gasteiger partial charge on any atom is -0.288 e. The van der Waals surface area contributed by atoms with E-state index >= 15 is 0 Å². The summed E-state index contributed by atoms with van der Waals surface area (Å²) in [4.78, 5) is 2.43. The first-order valence-electron chi connectivity index (χ1n) is 4.34. The van der Waals surface area contributed by atoms with Gasteiger partial charge in [-0.25, -0.2) is 0 Å². The van der Waals surface area contributed by atoms with Crippen LogP contribution in [-0.2, 0) is 13.1 Å². The van der Waals surface area contributed by atoms with Crippen LogP contribution in [0.1, 0.15) is 32.0 Å². The molecule has 1 N–H and O–H groups in total. The Morgan fingerprint density at radius 2 is 2.17 bits per heavy atom. The van der Waals surface area contributed by atoms with Gasteiger partial charge in [0, 0.05) is 30.4 Å². The van der Waals surface area contributed by atoms with Crippen molar-refractivity contribution in [3.8, 4) is 0 Å². The Bertz CT molecular complexity index is 262. The van der Waals surface area contributed by atoms with Crippen molar-refractivity contribution in [3.05, 3.63) is 17.5 Å². The Morgan fingerprint density at radius 3 is 2.75 bits per heavy atom. The zero-order valence-corrected chi connectivity index (χ0v) is 7.89. The number of fused-ring (bicyclic) bond motifs is 1. The van der Waals surface area contributed by atoms with Crippen LogP contribution in [0.15, 0.2) is 6.20 Å². The van der Waals surface area contributed by atoms with Gasteiger partial charge in [0.15, 0.2) is 0 Å². The first-order valence-corrected chi connectivity index (χ1v) is 4.34. The number of nitrogens with zero attached hydrogens (tertiary/aromatic N) is 2. The highest BCUT2D eigenvalue weighted by Crippen LogP contribution is 2.26. The van der Waals surface area contributed by atoms with Crippen LogP contribution in [0.4, 0.5) is 0 Å². The van der Waals surface area contributed by atoms with E-state index in [1.165, 1.54) is 11.3 Å². The van der Waals surface area contributed by atoms with E-state index in [1.807, 2.05) is 6.20 Å². The van der Waals surface area contributed by atoms with E-state index in [0.717, 1.165) is 13.1 Å². The summed E-state index contributed by atoms with van der Waals surface area (Å²) in [5.74, 6) is 0. The quantitative estimate of drug-likeness (QED) is 0.632. The third-order valence-electron chi connectivity index (χ3n) is 2.46. The van der Waals surface area contributed by atoms with Gasteiger partial charge in [0.05, 0.1) is 5.69 Å². The van der Waals surface area contributed by atoms with E-state index in [-0.39, 0.29) is 5.54 Å². The second-order valence-electron chi connectivity index (χ2n) is 4.38. The van der Waals surface area contributed by atoms with Gasteiger partial charge < -0.3 is 0 Å². The fourth-order valence-electron chi connectivity index (χ4n) is 1.53. The molecule has 0 atom stereocenters. The Labute approximate surface area is 72.8 Å². The SMILES string of the molecule is CC(C)(C)N1Cc2c[nH]nc2C1. The monoisotopic (exact) mass is 165 g/mol. The summed E-state index contributed by atoms with van der Waals surface area (Å²) in [6.07, 6.45) is 2.00. The maximum atomic E-state index is 4.19. The van der Waals surface area contributed by atoms with Gasteiger partial charge in [0.1, 0.15) is 0 Å². The van der Waals surface area contributed by atoms with Gasteiger partial charge in [-0.05, 0) is 20.8 Å². The molecule has 66 valence electrons. The molecule has 0 aliphatic carbocycles. The zero-order valence-electron chi connectivity index (χ0n) is 7.89. The highest BCUT2D eigenvalue weighted by atomic mass is 15.2. The van der Waals surface area contributed by atoms with Crippen LogP contribution in [-0.4, -0.2) is 20.6 Å². The number of rotatable bonds is 0. The standard InChI is InChI=1S/C9H15N3/c1-9(2,3)12-5-7-4-10-11-8(7)6-12/h4H,5-6H2,1-3H3,(H,10,11). The summed E-state index contributed by atoms with van der Waals surface area (Å²) in [5.41, 5.74) is 2.82.